The monoisotopic (exact) mass is 571 g/mol. The minimum atomic E-state index is -1.01. The van der Waals surface area contributed by atoms with Crippen molar-refractivity contribution in [2.75, 3.05) is 7.11 Å². The number of hydrogen-bond acceptors (Lipinski definition) is 6. The van der Waals surface area contributed by atoms with Gasteiger partial charge in [-0.15, -0.1) is 4.68 Å². The number of carboxylic acid groups (broad SMARTS) is 1. The van der Waals surface area contributed by atoms with Crippen LogP contribution in [0.25, 0.3) is 10.9 Å². The molecule has 4 aromatic rings. The molecule has 3 aromatic carbocycles. The Balaban J connectivity index is 1.61. The number of fused-ring (bicyclic) bond motifs is 1. The number of carboxylic acids is 1. The maximum atomic E-state index is 12.6. The van der Waals surface area contributed by atoms with Gasteiger partial charge >= 0.3 is 11.7 Å². The van der Waals surface area contributed by atoms with Crippen LogP contribution >= 0.6 is 22.6 Å². The molecule has 0 aliphatic carbocycles. The molecule has 4 rings (SSSR count). The van der Waals surface area contributed by atoms with Gasteiger partial charge in [-0.1, -0.05) is 24.3 Å². The van der Waals surface area contributed by atoms with Crippen LogP contribution in [0.3, 0.4) is 0 Å². The van der Waals surface area contributed by atoms with Crippen molar-refractivity contribution in [1.29, 1.82) is 0 Å². The number of rotatable bonds is 7. The summed E-state index contributed by atoms with van der Waals surface area (Å²) in [4.78, 5) is 38.8. The van der Waals surface area contributed by atoms with E-state index in [2.05, 4.69) is 32.7 Å². The van der Waals surface area contributed by atoms with E-state index in [1.807, 2.05) is 0 Å². The lowest BCUT2D eigenvalue weighted by molar-refractivity contribution is 0.0696. The summed E-state index contributed by atoms with van der Waals surface area (Å²) in [5.74, 6) is -0.119. The Morgan fingerprint density at radius 1 is 1.15 bits per heavy atom. The number of aromatic amines is 1. The van der Waals surface area contributed by atoms with Crippen LogP contribution in [0.2, 0.25) is 0 Å². The third kappa shape index (κ3) is 4.86. The van der Waals surface area contributed by atoms with Crippen LogP contribution in [-0.2, 0) is 6.61 Å². The summed E-state index contributed by atoms with van der Waals surface area (Å²) >= 11 is 2.08. The van der Waals surface area contributed by atoms with E-state index in [-0.39, 0.29) is 12.2 Å². The van der Waals surface area contributed by atoms with Gasteiger partial charge < -0.3 is 19.6 Å². The Kier molecular flexibility index (Phi) is 6.77. The number of carbonyl (C=O) groups is 1. The van der Waals surface area contributed by atoms with Crippen LogP contribution in [0.4, 0.5) is 0 Å². The predicted molar refractivity (Wildman–Crippen MR) is 135 cm³/mol. The van der Waals surface area contributed by atoms with Crippen molar-refractivity contribution in [2.24, 2.45) is 5.10 Å². The van der Waals surface area contributed by atoms with E-state index in [1.54, 1.807) is 54.6 Å². The largest absolute Gasteiger partial charge is 0.493 e. The topological polar surface area (TPSA) is 123 Å². The van der Waals surface area contributed by atoms with E-state index >= 15 is 0 Å². The summed E-state index contributed by atoms with van der Waals surface area (Å²) in [5.41, 5.74) is 0.717. The molecule has 2 N–H and O–H groups in total. The normalized spacial score (nSPS) is 11.1. The number of ether oxygens (including phenoxy) is 2. The van der Waals surface area contributed by atoms with Crippen LogP contribution < -0.4 is 20.7 Å². The fourth-order valence-corrected chi connectivity index (χ4v) is 4.07. The molecule has 0 unspecified atom stereocenters. The number of para-hydroxylation sites is 1. The first kappa shape index (κ1) is 23.2. The number of benzene rings is 3. The molecule has 172 valence electrons. The molecular formula is C24H18IN3O6. The van der Waals surface area contributed by atoms with Gasteiger partial charge in [0.05, 0.1) is 33.4 Å². The zero-order valence-corrected chi connectivity index (χ0v) is 20.0. The number of nitrogens with zero attached hydrogens (tertiary/aromatic N) is 2. The molecule has 0 bridgehead atoms. The van der Waals surface area contributed by atoms with Crippen molar-refractivity contribution in [1.82, 2.24) is 9.66 Å². The van der Waals surface area contributed by atoms with Crippen molar-refractivity contribution in [3.8, 4) is 11.5 Å². The highest BCUT2D eigenvalue weighted by molar-refractivity contribution is 14.1. The Hall–Kier alpha value is -3.93. The SMILES string of the molecule is COc1cc(C=Nn2c(=O)[nH]c3ccccc3c2=O)cc(I)c1OCc1cccc(C(=O)O)c1. The van der Waals surface area contributed by atoms with E-state index in [4.69, 9.17) is 14.6 Å². The minimum Gasteiger partial charge on any atom is -0.493 e. The van der Waals surface area contributed by atoms with E-state index in [1.165, 1.54) is 19.4 Å². The number of aromatic nitrogens is 2. The first-order valence-electron chi connectivity index (χ1n) is 9.98. The minimum absolute atomic E-state index is 0.142. The standard InChI is InChI=1S/C24H18IN3O6/c1-33-20-11-15(12-26-28-22(29)17-7-2-3-8-19(17)27-24(28)32)10-18(25)21(20)34-13-14-5-4-6-16(9-14)23(30)31/h2-12H,13H2,1H3,(H,27,32)(H,30,31). The number of H-pyrrole nitrogens is 1. The molecule has 1 heterocycles. The molecule has 0 amide bonds. The third-order valence-corrected chi connectivity index (χ3v) is 5.72. The van der Waals surface area contributed by atoms with Gasteiger partial charge in [0.2, 0.25) is 0 Å². The molecule has 10 heteroatoms. The second-order valence-electron chi connectivity index (χ2n) is 7.17. The average molecular weight is 571 g/mol. The third-order valence-electron chi connectivity index (χ3n) is 4.91. The maximum absolute atomic E-state index is 12.6. The molecule has 0 saturated heterocycles. The molecule has 0 fully saturated rings. The van der Waals surface area contributed by atoms with Crippen molar-refractivity contribution >= 4 is 45.7 Å². The van der Waals surface area contributed by atoms with Gasteiger partial charge in [-0.05, 0) is 70.1 Å². The summed E-state index contributed by atoms with van der Waals surface area (Å²) in [6.07, 6.45) is 1.39. The van der Waals surface area contributed by atoms with Gasteiger partial charge in [0.15, 0.2) is 11.5 Å². The second-order valence-corrected chi connectivity index (χ2v) is 8.33. The predicted octanol–water partition coefficient (Wildman–Crippen LogP) is 3.46. The van der Waals surface area contributed by atoms with Gasteiger partial charge in [0.1, 0.15) is 6.61 Å². The zero-order chi connectivity index (χ0) is 24.2. The van der Waals surface area contributed by atoms with E-state index in [0.717, 1.165) is 4.68 Å². The number of halogens is 1. The lowest BCUT2D eigenvalue weighted by Crippen LogP contribution is -2.32. The Bertz CT molecular complexity index is 1540. The number of hydrogen-bond donors (Lipinski definition) is 2. The quantitative estimate of drug-likeness (QED) is 0.259. The molecule has 0 aliphatic rings. The Labute approximate surface area is 206 Å². The molecule has 34 heavy (non-hydrogen) atoms. The van der Waals surface area contributed by atoms with Crippen LogP contribution in [0.1, 0.15) is 21.5 Å². The average Bonchev–Trinajstić information content (AvgIpc) is 2.83. The molecule has 0 radical (unpaired) electrons. The number of nitrogens with one attached hydrogen (secondary N) is 1. The lowest BCUT2D eigenvalue weighted by Gasteiger charge is -2.14. The zero-order valence-electron chi connectivity index (χ0n) is 17.8. The number of aromatic carboxylic acids is 1. The highest BCUT2D eigenvalue weighted by atomic mass is 127. The molecule has 9 nitrogen and oxygen atoms in total. The fourth-order valence-electron chi connectivity index (χ4n) is 3.29. The maximum Gasteiger partial charge on any atom is 0.349 e. The summed E-state index contributed by atoms with van der Waals surface area (Å²) in [6.45, 7) is 0.142. The van der Waals surface area contributed by atoms with Gasteiger partial charge in [0.25, 0.3) is 5.56 Å². The highest BCUT2D eigenvalue weighted by Gasteiger charge is 2.13. The summed E-state index contributed by atoms with van der Waals surface area (Å²) in [7, 11) is 1.49. The van der Waals surface area contributed by atoms with Crippen LogP contribution in [0.15, 0.2) is 75.4 Å². The fraction of sp³-hybridized carbons (Fsp3) is 0.0833. The summed E-state index contributed by atoms with van der Waals surface area (Å²) < 4.78 is 12.8. The Morgan fingerprint density at radius 2 is 1.94 bits per heavy atom. The van der Waals surface area contributed by atoms with Gasteiger partial charge in [-0.2, -0.15) is 5.10 Å². The van der Waals surface area contributed by atoms with E-state index < -0.39 is 17.2 Å². The smallest absolute Gasteiger partial charge is 0.349 e. The molecular weight excluding hydrogens is 553 g/mol. The first-order chi connectivity index (χ1) is 16.4. The van der Waals surface area contributed by atoms with Crippen LogP contribution in [0, 0.1) is 3.57 Å². The van der Waals surface area contributed by atoms with Crippen molar-refractivity contribution < 1.29 is 19.4 Å². The van der Waals surface area contributed by atoms with Gasteiger partial charge in [-0.25, -0.2) is 9.59 Å². The van der Waals surface area contributed by atoms with E-state index in [9.17, 15) is 14.4 Å². The van der Waals surface area contributed by atoms with Crippen LogP contribution in [-0.4, -0.2) is 34.1 Å². The van der Waals surface area contributed by atoms with Gasteiger partial charge in [0, 0.05) is 0 Å². The molecule has 0 aliphatic heterocycles. The van der Waals surface area contributed by atoms with Crippen molar-refractivity contribution in [2.45, 2.75) is 6.61 Å². The van der Waals surface area contributed by atoms with Gasteiger partial charge in [-0.3, -0.25) is 4.79 Å². The number of methoxy groups -OCH3 is 1. The highest BCUT2D eigenvalue weighted by Crippen LogP contribution is 2.34. The lowest BCUT2D eigenvalue weighted by atomic mass is 10.1. The Morgan fingerprint density at radius 3 is 2.71 bits per heavy atom. The van der Waals surface area contributed by atoms with Crippen LogP contribution in [0.5, 0.6) is 11.5 Å². The van der Waals surface area contributed by atoms with Crippen molar-refractivity contribution in [3.05, 3.63) is 102 Å². The van der Waals surface area contributed by atoms with Crippen molar-refractivity contribution in [3.63, 3.8) is 0 Å². The summed E-state index contributed by atoms with van der Waals surface area (Å²) in [5, 5.41) is 13.6. The molecule has 1 aromatic heterocycles. The molecule has 0 atom stereocenters. The first-order valence-corrected chi connectivity index (χ1v) is 11.1. The second kappa shape index (κ2) is 9.91. The van der Waals surface area contributed by atoms with E-state index in [0.29, 0.717) is 37.1 Å². The molecule has 0 saturated carbocycles. The summed E-state index contributed by atoms with van der Waals surface area (Å²) in [6, 6.07) is 16.6. The molecule has 0 spiro atoms.